The molecule has 1 fully saturated rings. The molecule has 32 heavy (non-hydrogen) atoms. The number of amides is 2. The van der Waals surface area contributed by atoms with E-state index in [4.69, 9.17) is 9.47 Å². The van der Waals surface area contributed by atoms with E-state index in [9.17, 15) is 9.59 Å². The second kappa shape index (κ2) is 6.44. The van der Waals surface area contributed by atoms with Crippen LogP contribution in [-0.4, -0.2) is 36.3 Å². The molecule has 0 N–H and O–H groups in total. The van der Waals surface area contributed by atoms with Crippen LogP contribution in [0.5, 0.6) is 11.5 Å². The molecular formula is C25H26N2O4S. The van der Waals surface area contributed by atoms with Crippen molar-refractivity contribution in [3.05, 3.63) is 47.0 Å². The first-order valence-corrected chi connectivity index (χ1v) is 12.1. The minimum Gasteiger partial charge on any atom is -0.486 e. The molecule has 2 aromatic rings. The first-order chi connectivity index (χ1) is 15.2. The normalized spacial score (nSPS) is 27.3. The Morgan fingerprint density at radius 3 is 2.56 bits per heavy atom. The van der Waals surface area contributed by atoms with Crippen molar-refractivity contribution in [1.82, 2.24) is 0 Å². The van der Waals surface area contributed by atoms with Crippen LogP contribution in [0.15, 0.2) is 30.3 Å². The summed E-state index contributed by atoms with van der Waals surface area (Å²) in [5, 5.41) is 0. The zero-order valence-corrected chi connectivity index (χ0v) is 19.5. The molecule has 6 rings (SSSR count). The standard InChI is InChI=1S/C25H26N2O4S/c1-14-9-17-15(2)12-24(3,4)27-22(17)18(10-14)25(23(27)29)26(21(28)13-32-25)16-5-6-19-20(11-16)31-8-7-30-19/h5-6,9-11,15H,7-8,12-13H2,1-4H3/t15-,25-/m0/s1. The van der Waals surface area contributed by atoms with Crippen molar-refractivity contribution in [3.8, 4) is 11.5 Å². The summed E-state index contributed by atoms with van der Waals surface area (Å²) in [5.74, 6) is 1.77. The Bertz CT molecular complexity index is 1190. The Hall–Kier alpha value is -2.67. The second-order valence-corrected chi connectivity index (χ2v) is 11.0. The fourth-order valence-electron chi connectivity index (χ4n) is 5.91. The predicted molar refractivity (Wildman–Crippen MR) is 125 cm³/mol. The molecule has 4 heterocycles. The molecule has 1 spiro atoms. The molecule has 4 aliphatic rings. The Morgan fingerprint density at radius 2 is 1.78 bits per heavy atom. The molecule has 4 aliphatic heterocycles. The predicted octanol–water partition coefficient (Wildman–Crippen LogP) is 4.33. The van der Waals surface area contributed by atoms with Crippen LogP contribution < -0.4 is 19.3 Å². The van der Waals surface area contributed by atoms with Crippen molar-refractivity contribution >= 4 is 35.0 Å². The maximum Gasteiger partial charge on any atom is 0.269 e. The molecule has 0 bridgehead atoms. The van der Waals surface area contributed by atoms with Crippen LogP contribution in [0.4, 0.5) is 11.4 Å². The van der Waals surface area contributed by atoms with Gasteiger partial charge in [-0.15, -0.1) is 11.8 Å². The largest absolute Gasteiger partial charge is 0.486 e. The van der Waals surface area contributed by atoms with Gasteiger partial charge in [-0.25, -0.2) is 0 Å². The van der Waals surface area contributed by atoms with Crippen LogP contribution in [-0.2, 0) is 14.5 Å². The fourth-order valence-corrected chi connectivity index (χ4v) is 7.23. The van der Waals surface area contributed by atoms with Gasteiger partial charge in [0.05, 0.1) is 11.4 Å². The Labute approximate surface area is 191 Å². The van der Waals surface area contributed by atoms with Crippen molar-refractivity contribution in [3.63, 3.8) is 0 Å². The Kier molecular flexibility index (Phi) is 4.02. The van der Waals surface area contributed by atoms with E-state index >= 15 is 0 Å². The Balaban J connectivity index is 1.59. The summed E-state index contributed by atoms with van der Waals surface area (Å²) in [5.41, 5.74) is 4.57. The van der Waals surface area contributed by atoms with Gasteiger partial charge >= 0.3 is 0 Å². The Morgan fingerprint density at radius 1 is 1.03 bits per heavy atom. The van der Waals surface area contributed by atoms with Crippen molar-refractivity contribution in [2.24, 2.45) is 0 Å². The summed E-state index contributed by atoms with van der Waals surface area (Å²) in [6.07, 6.45) is 0.882. The lowest BCUT2D eigenvalue weighted by Crippen LogP contribution is -2.56. The number of ether oxygens (including phenoxy) is 2. The summed E-state index contributed by atoms with van der Waals surface area (Å²) in [6, 6.07) is 9.82. The third-order valence-electron chi connectivity index (χ3n) is 7.06. The highest BCUT2D eigenvalue weighted by Crippen LogP contribution is 2.61. The molecule has 0 aliphatic carbocycles. The van der Waals surface area contributed by atoms with Gasteiger partial charge in [0.1, 0.15) is 13.2 Å². The van der Waals surface area contributed by atoms with Gasteiger partial charge in [0.15, 0.2) is 11.5 Å². The summed E-state index contributed by atoms with van der Waals surface area (Å²) >= 11 is 1.43. The average Bonchev–Trinajstić information content (AvgIpc) is 3.22. The number of fused-ring (bicyclic) bond motifs is 2. The lowest BCUT2D eigenvalue weighted by Gasteiger charge is -2.44. The maximum absolute atomic E-state index is 14.3. The SMILES string of the molecule is Cc1cc2c3c(c1)[C@]1(SCC(=O)N1c1ccc4c(c1)OCCO4)C(=O)N3C(C)(C)C[C@@H]2C. The van der Waals surface area contributed by atoms with Gasteiger partial charge in [-0.2, -0.15) is 0 Å². The number of rotatable bonds is 1. The van der Waals surface area contributed by atoms with Gasteiger partial charge in [0.2, 0.25) is 10.8 Å². The molecule has 2 aromatic carbocycles. The molecule has 7 heteroatoms. The molecular weight excluding hydrogens is 424 g/mol. The van der Waals surface area contributed by atoms with Gasteiger partial charge in [0.25, 0.3) is 5.91 Å². The first-order valence-electron chi connectivity index (χ1n) is 11.1. The van der Waals surface area contributed by atoms with E-state index in [-0.39, 0.29) is 23.1 Å². The van der Waals surface area contributed by atoms with Crippen molar-refractivity contribution < 1.29 is 19.1 Å². The van der Waals surface area contributed by atoms with Gasteiger partial charge in [-0.3, -0.25) is 14.5 Å². The monoisotopic (exact) mass is 450 g/mol. The van der Waals surface area contributed by atoms with Crippen LogP contribution in [0.2, 0.25) is 0 Å². The lowest BCUT2D eigenvalue weighted by molar-refractivity contribution is -0.124. The quantitative estimate of drug-likeness (QED) is 0.647. The van der Waals surface area contributed by atoms with Crippen molar-refractivity contribution in [1.29, 1.82) is 0 Å². The van der Waals surface area contributed by atoms with Gasteiger partial charge < -0.3 is 14.4 Å². The molecule has 2 amide bonds. The topological polar surface area (TPSA) is 59.1 Å². The number of carbonyl (C=O) groups is 2. The average molecular weight is 451 g/mol. The number of anilines is 2. The van der Waals surface area contributed by atoms with E-state index < -0.39 is 4.87 Å². The highest BCUT2D eigenvalue weighted by atomic mass is 32.2. The molecule has 2 atom stereocenters. The van der Waals surface area contributed by atoms with Gasteiger partial charge in [0, 0.05) is 22.9 Å². The van der Waals surface area contributed by atoms with Gasteiger partial charge in [-0.1, -0.05) is 24.6 Å². The number of carbonyl (C=O) groups excluding carboxylic acids is 2. The van der Waals surface area contributed by atoms with Gasteiger partial charge in [-0.05, 0) is 50.8 Å². The van der Waals surface area contributed by atoms with E-state index in [0.717, 1.165) is 23.2 Å². The van der Waals surface area contributed by atoms with Crippen LogP contribution in [0.1, 0.15) is 49.8 Å². The highest BCUT2D eigenvalue weighted by molar-refractivity contribution is 8.02. The molecule has 0 aromatic heterocycles. The van der Waals surface area contributed by atoms with Crippen molar-refractivity contribution in [2.75, 3.05) is 28.8 Å². The maximum atomic E-state index is 14.3. The molecule has 166 valence electrons. The molecule has 1 saturated heterocycles. The number of nitrogens with zero attached hydrogens (tertiary/aromatic N) is 2. The van der Waals surface area contributed by atoms with E-state index in [1.807, 2.05) is 23.1 Å². The van der Waals surface area contributed by atoms with Crippen LogP contribution >= 0.6 is 11.8 Å². The summed E-state index contributed by atoms with van der Waals surface area (Å²) in [7, 11) is 0. The van der Waals surface area contributed by atoms with Crippen molar-refractivity contribution in [2.45, 2.75) is 50.4 Å². The van der Waals surface area contributed by atoms with E-state index in [0.29, 0.717) is 36.3 Å². The summed E-state index contributed by atoms with van der Waals surface area (Å²) in [6.45, 7) is 9.53. The van der Waals surface area contributed by atoms with Crippen LogP contribution in [0.25, 0.3) is 0 Å². The zero-order valence-electron chi connectivity index (χ0n) is 18.7. The van der Waals surface area contributed by atoms with E-state index in [1.165, 1.54) is 17.3 Å². The molecule has 0 saturated carbocycles. The van der Waals surface area contributed by atoms with Crippen LogP contribution in [0, 0.1) is 6.92 Å². The zero-order chi connectivity index (χ0) is 22.4. The highest BCUT2D eigenvalue weighted by Gasteiger charge is 2.64. The number of thioether (sulfide) groups is 1. The molecule has 6 nitrogen and oxygen atoms in total. The first kappa shape index (κ1) is 20.0. The number of aryl methyl sites for hydroxylation is 1. The molecule has 0 radical (unpaired) electrons. The smallest absolute Gasteiger partial charge is 0.269 e. The summed E-state index contributed by atoms with van der Waals surface area (Å²) in [4.78, 5) is 30.2. The third kappa shape index (κ3) is 2.43. The summed E-state index contributed by atoms with van der Waals surface area (Å²) < 4.78 is 11.4. The number of hydrogen-bond donors (Lipinski definition) is 0. The van der Waals surface area contributed by atoms with E-state index in [2.05, 4.69) is 39.8 Å². The fraction of sp³-hybridized carbons (Fsp3) is 0.440. The third-order valence-corrected chi connectivity index (χ3v) is 8.45. The second-order valence-electron chi connectivity index (χ2n) is 9.80. The number of hydrogen-bond acceptors (Lipinski definition) is 5. The minimum absolute atomic E-state index is 0.0259. The minimum atomic E-state index is -1.10. The number of benzene rings is 2. The lowest BCUT2D eigenvalue weighted by atomic mass is 9.80. The van der Waals surface area contributed by atoms with E-state index in [1.54, 1.807) is 4.90 Å². The van der Waals surface area contributed by atoms with Crippen LogP contribution in [0.3, 0.4) is 0 Å². The molecule has 0 unspecified atom stereocenters.